The Balaban J connectivity index is 1.94. The molecule has 108 valence electrons. The molecule has 1 rings (SSSR count). The lowest BCUT2D eigenvalue weighted by atomic mass is 10.3. The fourth-order valence-electron chi connectivity index (χ4n) is 1.43. The normalized spacial score (nSPS) is 11.5. The highest BCUT2D eigenvalue weighted by atomic mass is 19.4. The molecule has 0 aliphatic rings. The molecule has 0 spiro atoms. The smallest absolute Gasteiger partial charge is 0.346 e. The zero-order valence-electron chi connectivity index (χ0n) is 10.4. The van der Waals surface area contributed by atoms with E-state index in [2.05, 4.69) is 10.3 Å². The number of nitrogens with zero attached hydrogens (tertiary/aromatic N) is 2. The van der Waals surface area contributed by atoms with Crippen LogP contribution < -0.4 is 10.6 Å². The van der Waals surface area contributed by atoms with Crippen molar-refractivity contribution in [1.82, 2.24) is 20.2 Å². The molecule has 0 saturated heterocycles. The van der Waals surface area contributed by atoms with Crippen molar-refractivity contribution < 1.29 is 18.0 Å². The summed E-state index contributed by atoms with van der Waals surface area (Å²) in [6.07, 6.45) is 2.66. The SMILES string of the molecule is O=C(CNCCCCn1ccnc1)NCC(F)(F)F. The van der Waals surface area contributed by atoms with Crippen LogP contribution in [0.1, 0.15) is 12.8 Å². The van der Waals surface area contributed by atoms with Crippen molar-refractivity contribution in [3.8, 4) is 0 Å². The van der Waals surface area contributed by atoms with Gasteiger partial charge in [0.05, 0.1) is 12.9 Å². The molecule has 5 nitrogen and oxygen atoms in total. The Labute approximate surface area is 109 Å². The van der Waals surface area contributed by atoms with Gasteiger partial charge in [0.15, 0.2) is 0 Å². The predicted molar refractivity (Wildman–Crippen MR) is 63.4 cm³/mol. The van der Waals surface area contributed by atoms with Crippen LogP contribution in [-0.2, 0) is 11.3 Å². The van der Waals surface area contributed by atoms with Gasteiger partial charge >= 0.3 is 6.18 Å². The summed E-state index contributed by atoms with van der Waals surface area (Å²) in [6.45, 7) is 0.0470. The average Bonchev–Trinajstić information content (AvgIpc) is 2.83. The summed E-state index contributed by atoms with van der Waals surface area (Å²) in [4.78, 5) is 14.9. The van der Waals surface area contributed by atoms with Crippen LogP contribution >= 0.6 is 0 Å². The second kappa shape index (κ2) is 7.78. The van der Waals surface area contributed by atoms with Gasteiger partial charge in [-0.05, 0) is 19.4 Å². The molecule has 0 saturated carbocycles. The van der Waals surface area contributed by atoms with Crippen molar-refractivity contribution in [2.75, 3.05) is 19.6 Å². The standard InChI is InChI=1S/C11H17F3N4O/c12-11(13,14)8-17-10(19)7-15-3-1-2-5-18-6-4-16-9-18/h4,6,9,15H,1-3,5,7-8H2,(H,17,19). The number of amides is 1. The van der Waals surface area contributed by atoms with E-state index >= 15 is 0 Å². The highest BCUT2D eigenvalue weighted by molar-refractivity contribution is 5.77. The molecule has 8 heteroatoms. The second-order valence-corrected chi connectivity index (χ2v) is 4.08. The van der Waals surface area contributed by atoms with Gasteiger partial charge in [-0.1, -0.05) is 0 Å². The van der Waals surface area contributed by atoms with E-state index < -0.39 is 18.6 Å². The number of aromatic nitrogens is 2. The van der Waals surface area contributed by atoms with Gasteiger partial charge in [0, 0.05) is 18.9 Å². The van der Waals surface area contributed by atoms with E-state index in [-0.39, 0.29) is 6.54 Å². The van der Waals surface area contributed by atoms with Crippen LogP contribution in [-0.4, -0.2) is 41.3 Å². The summed E-state index contributed by atoms with van der Waals surface area (Å²) in [5.41, 5.74) is 0. The van der Waals surface area contributed by atoms with Gasteiger partial charge in [0.2, 0.25) is 5.91 Å². The van der Waals surface area contributed by atoms with E-state index in [1.165, 1.54) is 0 Å². The zero-order valence-corrected chi connectivity index (χ0v) is 10.4. The van der Waals surface area contributed by atoms with Gasteiger partial charge in [0.1, 0.15) is 6.54 Å². The van der Waals surface area contributed by atoms with E-state index in [9.17, 15) is 18.0 Å². The number of aryl methyl sites for hydroxylation is 1. The number of nitrogens with one attached hydrogen (secondary N) is 2. The minimum Gasteiger partial charge on any atom is -0.346 e. The third kappa shape index (κ3) is 8.20. The number of unbranched alkanes of at least 4 members (excludes halogenated alkanes) is 1. The Bertz CT molecular complexity index is 365. The summed E-state index contributed by atoms with van der Waals surface area (Å²) >= 11 is 0. The molecule has 19 heavy (non-hydrogen) atoms. The summed E-state index contributed by atoms with van der Waals surface area (Å²) in [7, 11) is 0. The lowest BCUT2D eigenvalue weighted by Crippen LogP contribution is -2.39. The summed E-state index contributed by atoms with van der Waals surface area (Å²) < 4.78 is 37.3. The van der Waals surface area contributed by atoms with Gasteiger partial charge in [-0.3, -0.25) is 4.79 Å². The fourth-order valence-corrected chi connectivity index (χ4v) is 1.43. The van der Waals surface area contributed by atoms with Crippen LogP contribution in [0, 0.1) is 0 Å². The van der Waals surface area contributed by atoms with Crippen LogP contribution in [0.15, 0.2) is 18.7 Å². The monoisotopic (exact) mass is 278 g/mol. The average molecular weight is 278 g/mol. The van der Waals surface area contributed by atoms with Gasteiger partial charge < -0.3 is 15.2 Å². The first-order valence-corrected chi connectivity index (χ1v) is 5.97. The molecule has 0 aromatic carbocycles. The van der Waals surface area contributed by atoms with Crippen molar-refractivity contribution in [3.63, 3.8) is 0 Å². The van der Waals surface area contributed by atoms with Gasteiger partial charge in [-0.15, -0.1) is 0 Å². The van der Waals surface area contributed by atoms with Crippen molar-refractivity contribution >= 4 is 5.91 Å². The molecule has 0 aliphatic heterocycles. The van der Waals surface area contributed by atoms with E-state index in [0.29, 0.717) is 6.54 Å². The van der Waals surface area contributed by atoms with Crippen molar-refractivity contribution in [2.45, 2.75) is 25.6 Å². The topological polar surface area (TPSA) is 59.0 Å². The number of hydrogen-bond acceptors (Lipinski definition) is 3. The fraction of sp³-hybridized carbons (Fsp3) is 0.636. The molecule has 1 amide bonds. The summed E-state index contributed by atoms with van der Waals surface area (Å²) in [6, 6.07) is 0. The maximum atomic E-state index is 11.8. The van der Waals surface area contributed by atoms with E-state index in [4.69, 9.17) is 0 Å². The third-order valence-electron chi connectivity index (χ3n) is 2.35. The molecule has 0 fully saturated rings. The number of alkyl halides is 3. The minimum absolute atomic E-state index is 0.0961. The number of rotatable bonds is 8. The highest BCUT2D eigenvalue weighted by Crippen LogP contribution is 2.11. The molecule has 0 atom stereocenters. The van der Waals surface area contributed by atoms with Crippen LogP contribution in [0.25, 0.3) is 0 Å². The number of carbonyl (C=O) groups is 1. The van der Waals surface area contributed by atoms with Gasteiger partial charge in [0.25, 0.3) is 0 Å². The molecule has 2 N–H and O–H groups in total. The molecule has 1 aromatic heterocycles. The van der Waals surface area contributed by atoms with Crippen LogP contribution in [0.3, 0.4) is 0 Å². The Morgan fingerprint density at radius 1 is 1.32 bits per heavy atom. The Morgan fingerprint density at radius 2 is 2.11 bits per heavy atom. The lowest BCUT2D eigenvalue weighted by Gasteiger charge is -2.09. The van der Waals surface area contributed by atoms with Gasteiger partial charge in [-0.2, -0.15) is 13.2 Å². The minimum atomic E-state index is -4.36. The predicted octanol–water partition coefficient (Wildman–Crippen LogP) is 0.931. The lowest BCUT2D eigenvalue weighted by molar-refractivity contribution is -0.137. The second-order valence-electron chi connectivity index (χ2n) is 4.08. The molecular weight excluding hydrogens is 261 g/mol. The molecular formula is C11H17F3N4O. The number of carbonyl (C=O) groups excluding carboxylic acids is 1. The maximum absolute atomic E-state index is 11.8. The quantitative estimate of drug-likeness (QED) is 0.696. The Morgan fingerprint density at radius 3 is 2.74 bits per heavy atom. The van der Waals surface area contributed by atoms with E-state index in [0.717, 1.165) is 19.4 Å². The van der Waals surface area contributed by atoms with E-state index in [1.54, 1.807) is 17.8 Å². The molecule has 1 aromatic rings. The zero-order chi connectivity index (χ0) is 14.1. The van der Waals surface area contributed by atoms with Crippen LogP contribution in [0.4, 0.5) is 13.2 Å². The summed E-state index contributed by atoms with van der Waals surface area (Å²) in [5, 5.41) is 4.59. The van der Waals surface area contributed by atoms with Crippen molar-refractivity contribution in [1.29, 1.82) is 0 Å². The molecule has 0 bridgehead atoms. The first-order valence-electron chi connectivity index (χ1n) is 5.97. The summed E-state index contributed by atoms with van der Waals surface area (Å²) in [5.74, 6) is -0.646. The largest absolute Gasteiger partial charge is 0.405 e. The number of imidazole rings is 1. The molecule has 1 heterocycles. The maximum Gasteiger partial charge on any atom is 0.405 e. The van der Waals surface area contributed by atoms with Crippen molar-refractivity contribution in [2.24, 2.45) is 0 Å². The number of hydrogen-bond donors (Lipinski definition) is 2. The molecule has 0 unspecified atom stereocenters. The van der Waals surface area contributed by atoms with Crippen LogP contribution in [0.2, 0.25) is 0 Å². The first-order chi connectivity index (χ1) is 8.97. The van der Waals surface area contributed by atoms with Gasteiger partial charge in [-0.25, -0.2) is 4.98 Å². The Hall–Kier alpha value is -1.57. The highest BCUT2D eigenvalue weighted by Gasteiger charge is 2.27. The van der Waals surface area contributed by atoms with Crippen LogP contribution in [0.5, 0.6) is 0 Å². The van der Waals surface area contributed by atoms with Crippen molar-refractivity contribution in [3.05, 3.63) is 18.7 Å². The first kappa shape index (κ1) is 15.5. The Kier molecular flexibility index (Phi) is 6.34. The number of halogens is 3. The molecule has 0 aliphatic carbocycles. The molecule has 0 radical (unpaired) electrons. The van der Waals surface area contributed by atoms with E-state index in [1.807, 2.05) is 10.8 Å². The third-order valence-corrected chi connectivity index (χ3v) is 2.35.